The fraction of sp³-hybridized carbons (Fsp3) is 0.625. The van der Waals surface area contributed by atoms with E-state index in [-0.39, 0.29) is 11.8 Å². The number of carbonyl (C=O) groups excluding carboxylic acids is 1. The molecule has 0 radical (unpaired) electrons. The maximum Gasteiger partial charge on any atom is 0.219 e. The Morgan fingerprint density at radius 3 is 2.94 bits per heavy atom. The number of rotatable bonds is 5. The Hall–Kier alpha value is -2.41. The molecule has 0 aromatic carbocycles. The summed E-state index contributed by atoms with van der Waals surface area (Å²) >= 11 is 0. The fourth-order valence-corrected chi connectivity index (χ4v) is 4.86. The van der Waals surface area contributed by atoms with Gasteiger partial charge < -0.3 is 21.3 Å². The van der Waals surface area contributed by atoms with Gasteiger partial charge in [-0.25, -0.2) is 4.98 Å². The van der Waals surface area contributed by atoms with E-state index in [0.717, 1.165) is 81.9 Å². The summed E-state index contributed by atoms with van der Waals surface area (Å²) in [6.07, 6.45) is 11.6. The summed E-state index contributed by atoms with van der Waals surface area (Å²) in [4.78, 5) is 23.5. The first-order chi connectivity index (χ1) is 15.1. The summed E-state index contributed by atoms with van der Waals surface area (Å²) in [6, 6.07) is 6.94. The molecule has 1 aromatic heterocycles. The van der Waals surface area contributed by atoms with Crippen molar-refractivity contribution < 1.29 is 4.79 Å². The molecule has 1 aromatic rings. The molecule has 2 aliphatic heterocycles. The minimum atomic E-state index is 0.177. The van der Waals surface area contributed by atoms with Crippen LogP contribution in [0.4, 0.5) is 5.82 Å². The van der Waals surface area contributed by atoms with Crippen molar-refractivity contribution in [2.75, 3.05) is 25.0 Å². The minimum absolute atomic E-state index is 0.177. The number of likely N-dealkylation sites (tertiary alicyclic amines) is 1. The number of pyridine rings is 1. The molecule has 1 amide bonds. The zero-order chi connectivity index (χ0) is 21.6. The number of carbonyl (C=O) groups is 1. The van der Waals surface area contributed by atoms with E-state index in [1.165, 1.54) is 0 Å². The lowest BCUT2D eigenvalue weighted by atomic mass is 9.92. The molecule has 1 saturated heterocycles. The van der Waals surface area contributed by atoms with E-state index in [1.54, 1.807) is 6.92 Å². The average Bonchev–Trinajstić information content (AvgIpc) is 2.80. The van der Waals surface area contributed by atoms with E-state index >= 15 is 0 Å². The predicted molar refractivity (Wildman–Crippen MR) is 125 cm³/mol. The highest BCUT2D eigenvalue weighted by molar-refractivity contribution is 5.85. The highest BCUT2D eigenvalue weighted by atomic mass is 16.2. The lowest BCUT2D eigenvalue weighted by Crippen LogP contribution is -2.40. The van der Waals surface area contributed by atoms with Gasteiger partial charge in [0.05, 0.1) is 11.7 Å². The van der Waals surface area contributed by atoms with Crippen LogP contribution in [-0.2, 0) is 4.79 Å². The van der Waals surface area contributed by atoms with Gasteiger partial charge in [-0.2, -0.15) is 0 Å². The van der Waals surface area contributed by atoms with E-state index < -0.39 is 0 Å². The van der Waals surface area contributed by atoms with Crippen LogP contribution in [0.25, 0.3) is 0 Å². The number of hydrogen-bond acceptors (Lipinski definition) is 5. The van der Waals surface area contributed by atoms with Crippen LogP contribution < -0.4 is 16.4 Å². The van der Waals surface area contributed by atoms with Crippen molar-refractivity contribution in [2.24, 2.45) is 16.6 Å². The number of nitrogens with one attached hydrogen (secondary N) is 2. The van der Waals surface area contributed by atoms with E-state index in [0.29, 0.717) is 18.0 Å². The van der Waals surface area contributed by atoms with Crippen LogP contribution in [0.2, 0.25) is 0 Å². The molecule has 1 aliphatic carbocycles. The molecule has 7 nitrogen and oxygen atoms in total. The van der Waals surface area contributed by atoms with Crippen LogP contribution in [0.3, 0.4) is 0 Å². The van der Waals surface area contributed by atoms with E-state index in [1.807, 2.05) is 17.2 Å². The molecule has 1 saturated carbocycles. The molecule has 3 heterocycles. The zero-order valence-electron chi connectivity index (χ0n) is 18.6. The molecule has 168 valence electrons. The van der Waals surface area contributed by atoms with Crippen molar-refractivity contribution in [1.82, 2.24) is 15.2 Å². The quantitative estimate of drug-likeness (QED) is 0.675. The molecule has 3 aliphatic rings. The third-order valence-electron chi connectivity index (χ3n) is 6.76. The van der Waals surface area contributed by atoms with E-state index in [2.05, 4.69) is 28.8 Å². The van der Waals surface area contributed by atoms with Crippen LogP contribution >= 0.6 is 0 Å². The maximum atomic E-state index is 11.7. The Kier molecular flexibility index (Phi) is 7.22. The first-order valence-electron chi connectivity index (χ1n) is 11.8. The molecule has 0 spiro atoms. The van der Waals surface area contributed by atoms with Crippen molar-refractivity contribution >= 4 is 17.6 Å². The molecular formula is C24H36N6O. The molecule has 1 unspecified atom stereocenters. The van der Waals surface area contributed by atoms with Gasteiger partial charge in [-0.15, -0.1) is 0 Å². The summed E-state index contributed by atoms with van der Waals surface area (Å²) in [6.45, 7) is 4.23. The standard InChI is InChI=1S/C24H36N6O/c1-17(31)30-13-3-4-18(16-30)15-27-23-6-2-5-22(29-23)19-11-12-26-24(14-19)28-21-9-7-20(25)8-10-21/h2,5-6,11-12,18-21H,3-4,7-10,13-16,25H2,1H3,(H,26,28)(H,27,29)/t18-,19?,20?,21?/m1/s1. The Morgan fingerprint density at radius 2 is 2.13 bits per heavy atom. The largest absolute Gasteiger partial charge is 0.370 e. The normalized spacial score (nSPS) is 30.1. The fourth-order valence-electron chi connectivity index (χ4n) is 4.86. The third kappa shape index (κ3) is 6.06. The summed E-state index contributed by atoms with van der Waals surface area (Å²) in [5.74, 6) is 2.85. The van der Waals surface area contributed by atoms with Crippen LogP contribution in [0.1, 0.15) is 63.5 Å². The van der Waals surface area contributed by atoms with Crippen molar-refractivity contribution in [3.8, 4) is 0 Å². The van der Waals surface area contributed by atoms with Gasteiger partial charge in [0.2, 0.25) is 5.91 Å². The van der Waals surface area contributed by atoms with Gasteiger partial charge in [0.25, 0.3) is 0 Å². The second-order valence-corrected chi connectivity index (χ2v) is 9.26. The van der Waals surface area contributed by atoms with Crippen molar-refractivity contribution in [3.63, 3.8) is 0 Å². The number of nitrogens with zero attached hydrogens (tertiary/aromatic N) is 3. The van der Waals surface area contributed by atoms with E-state index in [4.69, 9.17) is 15.7 Å². The van der Waals surface area contributed by atoms with Gasteiger partial charge in [-0.1, -0.05) is 12.1 Å². The summed E-state index contributed by atoms with van der Waals surface area (Å²) in [5, 5.41) is 6.84. The smallest absolute Gasteiger partial charge is 0.219 e. The van der Waals surface area contributed by atoms with Gasteiger partial charge in [0.15, 0.2) is 0 Å². The van der Waals surface area contributed by atoms with Gasteiger partial charge >= 0.3 is 0 Å². The lowest BCUT2D eigenvalue weighted by Gasteiger charge is -2.32. The van der Waals surface area contributed by atoms with Crippen LogP contribution in [0.15, 0.2) is 35.5 Å². The first-order valence-corrected chi connectivity index (χ1v) is 11.8. The Bertz CT molecular complexity index is 814. The average molecular weight is 425 g/mol. The number of nitrogens with two attached hydrogens (primary N) is 1. The van der Waals surface area contributed by atoms with Gasteiger partial charge in [-0.3, -0.25) is 9.79 Å². The number of anilines is 1. The molecule has 7 heteroatoms. The topological polar surface area (TPSA) is 95.6 Å². The second-order valence-electron chi connectivity index (χ2n) is 9.26. The number of aromatic nitrogens is 1. The number of aliphatic imine (C=N–C) groups is 1. The minimum Gasteiger partial charge on any atom is -0.370 e. The predicted octanol–water partition coefficient (Wildman–Crippen LogP) is 3.01. The zero-order valence-corrected chi connectivity index (χ0v) is 18.6. The number of amides is 1. The molecule has 2 fully saturated rings. The van der Waals surface area contributed by atoms with Crippen LogP contribution in [0, 0.1) is 5.92 Å². The highest BCUT2D eigenvalue weighted by Gasteiger charge is 2.23. The maximum absolute atomic E-state index is 11.7. The van der Waals surface area contributed by atoms with Crippen LogP contribution in [0.5, 0.6) is 0 Å². The van der Waals surface area contributed by atoms with Crippen molar-refractivity contribution in [2.45, 2.75) is 69.9 Å². The molecule has 4 N–H and O–H groups in total. The Balaban J connectivity index is 1.34. The number of amidine groups is 1. The summed E-state index contributed by atoms with van der Waals surface area (Å²) in [5.41, 5.74) is 7.09. The molecular weight excluding hydrogens is 388 g/mol. The Labute approximate surface area is 185 Å². The molecule has 0 bridgehead atoms. The highest BCUT2D eigenvalue weighted by Crippen LogP contribution is 2.26. The van der Waals surface area contributed by atoms with Crippen molar-refractivity contribution in [3.05, 3.63) is 36.2 Å². The molecule has 4 rings (SSSR count). The first kappa shape index (κ1) is 21.8. The van der Waals surface area contributed by atoms with Crippen molar-refractivity contribution in [1.29, 1.82) is 0 Å². The third-order valence-corrected chi connectivity index (χ3v) is 6.76. The SMILES string of the molecule is CC(=O)N1CCC[C@H](CNc2cccc(C3C=CNC(=NC4CCC(N)CC4)C3)n2)C1. The van der Waals surface area contributed by atoms with Gasteiger partial charge in [0, 0.05) is 44.9 Å². The number of piperidine rings is 1. The summed E-state index contributed by atoms with van der Waals surface area (Å²) < 4.78 is 0. The summed E-state index contributed by atoms with van der Waals surface area (Å²) in [7, 11) is 0. The second kappa shape index (κ2) is 10.3. The van der Waals surface area contributed by atoms with E-state index in [9.17, 15) is 4.79 Å². The lowest BCUT2D eigenvalue weighted by molar-refractivity contribution is -0.130. The monoisotopic (exact) mass is 424 g/mol. The Morgan fingerprint density at radius 1 is 1.29 bits per heavy atom. The number of hydrogen-bond donors (Lipinski definition) is 3. The molecule has 31 heavy (non-hydrogen) atoms. The van der Waals surface area contributed by atoms with Crippen LogP contribution in [-0.4, -0.2) is 53.3 Å². The van der Waals surface area contributed by atoms with Gasteiger partial charge in [-0.05, 0) is 62.8 Å². The number of allylic oxidation sites excluding steroid dienone is 1. The van der Waals surface area contributed by atoms with Gasteiger partial charge in [0.1, 0.15) is 11.7 Å². The molecule has 2 atom stereocenters.